The zero-order valence-corrected chi connectivity index (χ0v) is 5.72. The number of hydrogen-bond donors (Lipinski definition) is 1. The third kappa shape index (κ3) is 0.812. The monoisotopic (exact) mass is 129 g/mol. The van der Waals surface area contributed by atoms with E-state index in [1.54, 1.807) is 19.0 Å². The summed E-state index contributed by atoms with van der Waals surface area (Å²) < 4.78 is 0. The van der Waals surface area contributed by atoms with Crippen molar-refractivity contribution in [3.8, 4) is 0 Å². The van der Waals surface area contributed by atoms with Gasteiger partial charge in [-0.2, -0.15) is 0 Å². The van der Waals surface area contributed by atoms with Gasteiger partial charge in [-0.1, -0.05) is 0 Å². The first-order valence-electron chi connectivity index (χ1n) is 3.00. The molecular formula is C6H11NO2. The van der Waals surface area contributed by atoms with Crippen molar-refractivity contribution >= 4 is 5.97 Å². The minimum absolute atomic E-state index is 0.500. The molecule has 1 aliphatic rings. The van der Waals surface area contributed by atoms with Gasteiger partial charge >= 0.3 is 5.97 Å². The number of nitrogens with zero attached hydrogens (tertiary/aromatic N) is 1. The van der Waals surface area contributed by atoms with Crippen molar-refractivity contribution in [1.29, 1.82) is 0 Å². The summed E-state index contributed by atoms with van der Waals surface area (Å²) in [5.41, 5.74) is -0.500. The van der Waals surface area contributed by atoms with E-state index in [1.165, 1.54) is 0 Å². The lowest BCUT2D eigenvalue weighted by atomic mass is 10.2. The number of rotatable bonds is 2. The van der Waals surface area contributed by atoms with E-state index in [9.17, 15) is 4.79 Å². The molecule has 0 saturated heterocycles. The van der Waals surface area contributed by atoms with Crippen LogP contribution in [0.2, 0.25) is 0 Å². The molecule has 0 amide bonds. The van der Waals surface area contributed by atoms with E-state index in [0.29, 0.717) is 0 Å². The number of likely N-dealkylation sites (N-methyl/N-ethyl adjacent to an activating group) is 1. The van der Waals surface area contributed by atoms with Gasteiger partial charge in [0.1, 0.15) is 5.54 Å². The van der Waals surface area contributed by atoms with Gasteiger partial charge in [-0.15, -0.1) is 0 Å². The van der Waals surface area contributed by atoms with E-state index in [1.807, 2.05) is 0 Å². The van der Waals surface area contributed by atoms with Crippen molar-refractivity contribution in [1.82, 2.24) is 4.90 Å². The summed E-state index contributed by atoms with van der Waals surface area (Å²) >= 11 is 0. The highest BCUT2D eigenvalue weighted by atomic mass is 16.4. The van der Waals surface area contributed by atoms with Crippen LogP contribution in [0.1, 0.15) is 12.8 Å². The van der Waals surface area contributed by atoms with Crippen LogP contribution in [0.4, 0.5) is 0 Å². The van der Waals surface area contributed by atoms with Crippen LogP contribution < -0.4 is 0 Å². The summed E-state index contributed by atoms with van der Waals surface area (Å²) in [7, 11) is 3.61. The quantitative estimate of drug-likeness (QED) is 0.577. The van der Waals surface area contributed by atoms with E-state index >= 15 is 0 Å². The Hall–Kier alpha value is -0.570. The molecule has 9 heavy (non-hydrogen) atoms. The topological polar surface area (TPSA) is 40.5 Å². The zero-order chi connectivity index (χ0) is 7.07. The third-order valence-electron chi connectivity index (χ3n) is 1.98. The molecule has 1 N–H and O–H groups in total. The molecule has 0 radical (unpaired) electrons. The second-order valence-corrected chi connectivity index (χ2v) is 2.73. The molecule has 0 spiro atoms. The van der Waals surface area contributed by atoms with Gasteiger partial charge in [-0.05, 0) is 26.9 Å². The van der Waals surface area contributed by atoms with Gasteiger partial charge < -0.3 is 5.11 Å². The molecule has 0 aromatic rings. The molecule has 1 aliphatic carbocycles. The summed E-state index contributed by atoms with van der Waals surface area (Å²) in [5.74, 6) is -0.687. The first-order valence-corrected chi connectivity index (χ1v) is 3.00. The van der Waals surface area contributed by atoms with E-state index in [2.05, 4.69) is 0 Å². The van der Waals surface area contributed by atoms with Crippen LogP contribution in [0.3, 0.4) is 0 Å². The standard InChI is InChI=1S/C6H11NO2/c1-7(2)6(3-4-6)5(8)9/h3-4H2,1-2H3,(H,8,9). The second-order valence-electron chi connectivity index (χ2n) is 2.73. The third-order valence-corrected chi connectivity index (χ3v) is 1.98. The summed E-state index contributed by atoms with van der Waals surface area (Å²) in [6.45, 7) is 0. The van der Waals surface area contributed by atoms with Gasteiger partial charge in [0.25, 0.3) is 0 Å². The molecule has 3 heteroatoms. The normalized spacial score (nSPS) is 22.1. The highest BCUT2D eigenvalue weighted by Crippen LogP contribution is 2.39. The van der Waals surface area contributed by atoms with Gasteiger partial charge in [-0.25, -0.2) is 0 Å². The van der Waals surface area contributed by atoms with Crippen LogP contribution in [0.15, 0.2) is 0 Å². The minimum Gasteiger partial charge on any atom is -0.480 e. The minimum atomic E-state index is -0.687. The Balaban J connectivity index is 2.63. The lowest BCUT2D eigenvalue weighted by Crippen LogP contribution is -2.37. The Labute approximate surface area is 54.3 Å². The Kier molecular flexibility index (Phi) is 1.24. The van der Waals surface area contributed by atoms with Crippen LogP contribution in [-0.4, -0.2) is 35.6 Å². The molecule has 1 saturated carbocycles. The molecule has 1 fully saturated rings. The molecule has 0 atom stereocenters. The van der Waals surface area contributed by atoms with Crippen molar-refractivity contribution < 1.29 is 9.90 Å². The van der Waals surface area contributed by atoms with Crippen molar-refractivity contribution in [2.24, 2.45) is 0 Å². The average molecular weight is 129 g/mol. The van der Waals surface area contributed by atoms with E-state index in [4.69, 9.17) is 5.11 Å². The zero-order valence-electron chi connectivity index (χ0n) is 5.72. The number of hydrogen-bond acceptors (Lipinski definition) is 2. The van der Waals surface area contributed by atoms with Gasteiger partial charge in [0, 0.05) is 0 Å². The number of carboxylic acid groups (broad SMARTS) is 1. The fourth-order valence-corrected chi connectivity index (χ4v) is 0.971. The Morgan fingerprint density at radius 1 is 1.56 bits per heavy atom. The Bertz CT molecular complexity index is 138. The molecule has 0 aliphatic heterocycles. The van der Waals surface area contributed by atoms with Gasteiger partial charge in [0.2, 0.25) is 0 Å². The molecule has 52 valence electrons. The number of aliphatic carboxylic acids is 1. The predicted molar refractivity (Wildman–Crippen MR) is 33.3 cm³/mol. The van der Waals surface area contributed by atoms with Gasteiger partial charge in [-0.3, -0.25) is 9.69 Å². The molecule has 1 rings (SSSR count). The Morgan fingerprint density at radius 2 is 2.00 bits per heavy atom. The van der Waals surface area contributed by atoms with Gasteiger partial charge in [0.05, 0.1) is 0 Å². The lowest BCUT2D eigenvalue weighted by molar-refractivity contribution is -0.143. The van der Waals surface area contributed by atoms with Crippen LogP contribution >= 0.6 is 0 Å². The second kappa shape index (κ2) is 1.70. The van der Waals surface area contributed by atoms with Crippen LogP contribution in [-0.2, 0) is 4.79 Å². The maximum Gasteiger partial charge on any atom is 0.324 e. The predicted octanol–water partition coefficient (Wildman–Crippen LogP) is 0.165. The van der Waals surface area contributed by atoms with Crippen LogP contribution in [0, 0.1) is 0 Å². The molecule has 0 heterocycles. The van der Waals surface area contributed by atoms with Crippen molar-refractivity contribution in [3.63, 3.8) is 0 Å². The molecular weight excluding hydrogens is 118 g/mol. The average Bonchev–Trinajstić information content (AvgIpc) is 2.40. The van der Waals surface area contributed by atoms with Crippen LogP contribution in [0.25, 0.3) is 0 Å². The highest BCUT2D eigenvalue weighted by molar-refractivity contribution is 5.82. The largest absolute Gasteiger partial charge is 0.480 e. The maximum absolute atomic E-state index is 10.5. The SMILES string of the molecule is CN(C)C1(C(=O)O)CC1. The number of carboxylic acids is 1. The lowest BCUT2D eigenvalue weighted by Gasteiger charge is -2.17. The summed E-state index contributed by atoms with van der Waals surface area (Å²) in [4.78, 5) is 12.3. The fourth-order valence-electron chi connectivity index (χ4n) is 0.971. The van der Waals surface area contributed by atoms with Crippen molar-refractivity contribution in [2.75, 3.05) is 14.1 Å². The first-order chi connectivity index (χ1) is 4.09. The molecule has 3 nitrogen and oxygen atoms in total. The molecule has 0 aromatic carbocycles. The fraction of sp³-hybridized carbons (Fsp3) is 0.833. The first kappa shape index (κ1) is 6.55. The highest BCUT2D eigenvalue weighted by Gasteiger charge is 2.52. The Morgan fingerprint density at radius 3 is 2.00 bits per heavy atom. The summed E-state index contributed by atoms with van der Waals surface area (Å²) in [6.07, 6.45) is 1.60. The summed E-state index contributed by atoms with van der Waals surface area (Å²) in [6, 6.07) is 0. The van der Waals surface area contributed by atoms with Crippen molar-refractivity contribution in [3.05, 3.63) is 0 Å². The smallest absolute Gasteiger partial charge is 0.324 e. The van der Waals surface area contributed by atoms with E-state index in [0.717, 1.165) is 12.8 Å². The molecule has 0 bridgehead atoms. The molecule has 0 aromatic heterocycles. The van der Waals surface area contributed by atoms with E-state index in [-0.39, 0.29) is 0 Å². The van der Waals surface area contributed by atoms with Crippen molar-refractivity contribution in [2.45, 2.75) is 18.4 Å². The van der Waals surface area contributed by atoms with E-state index < -0.39 is 11.5 Å². The molecule has 0 unspecified atom stereocenters. The van der Waals surface area contributed by atoms with Crippen LogP contribution in [0.5, 0.6) is 0 Å². The van der Waals surface area contributed by atoms with Gasteiger partial charge in [0.15, 0.2) is 0 Å². The summed E-state index contributed by atoms with van der Waals surface area (Å²) in [5, 5.41) is 8.63. The number of carbonyl (C=O) groups is 1. The maximum atomic E-state index is 10.5.